The molecule has 24 heavy (non-hydrogen) atoms. The van der Waals surface area contributed by atoms with Gasteiger partial charge in [0.2, 0.25) is 15.9 Å². The van der Waals surface area contributed by atoms with Crippen molar-refractivity contribution in [3.05, 3.63) is 34.4 Å². The molecule has 1 N–H and O–H groups in total. The molecular weight excluding hydrogens is 336 g/mol. The predicted molar refractivity (Wildman–Crippen MR) is 87.0 cm³/mol. The van der Waals surface area contributed by atoms with Crippen molar-refractivity contribution in [1.82, 2.24) is 14.5 Å². The van der Waals surface area contributed by atoms with Crippen molar-refractivity contribution in [2.24, 2.45) is 0 Å². The molecule has 1 aromatic rings. The molecule has 0 saturated carbocycles. The molecule has 1 atom stereocenters. The number of hydrogen-bond acceptors (Lipinski definition) is 6. The number of nitro groups is 1. The van der Waals surface area contributed by atoms with Crippen LogP contribution in [0.25, 0.3) is 0 Å². The zero-order chi connectivity index (χ0) is 17.9. The third-order valence-electron chi connectivity index (χ3n) is 3.92. The van der Waals surface area contributed by atoms with E-state index in [2.05, 4.69) is 5.32 Å². The number of nitro benzene ring substituents is 1. The molecule has 0 radical (unpaired) electrons. The molecule has 132 valence electrons. The Morgan fingerprint density at radius 1 is 1.50 bits per heavy atom. The summed E-state index contributed by atoms with van der Waals surface area (Å²) in [5.74, 6) is -0.291. The summed E-state index contributed by atoms with van der Waals surface area (Å²) in [5.41, 5.74) is -0.313. The van der Waals surface area contributed by atoms with Gasteiger partial charge in [-0.05, 0) is 13.0 Å². The lowest BCUT2D eigenvalue weighted by Crippen LogP contribution is -2.54. The molecule has 2 rings (SSSR count). The Labute approximate surface area is 140 Å². The van der Waals surface area contributed by atoms with Crippen molar-refractivity contribution < 1.29 is 18.1 Å². The monoisotopic (exact) mass is 356 g/mol. The smallest absolute Gasteiger partial charge is 0.270 e. The first-order chi connectivity index (χ1) is 11.2. The Morgan fingerprint density at radius 3 is 2.83 bits per heavy atom. The molecule has 1 saturated heterocycles. The summed E-state index contributed by atoms with van der Waals surface area (Å²) in [4.78, 5) is 23.9. The average Bonchev–Trinajstić information content (AvgIpc) is 2.55. The molecule has 1 aliphatic rings. The lowest BCUT2D eigenvalue weighted by atomic mass is 10.2. The number of non-ortho nitro benzene ring substituents is 1. The number of sulfonamides is 1. The maximum atomic E-state index is 12.5. The molecule has 0 aliphatic carbocycles. The van der Waals surface area contributed by atoms with E-state index in [1.807, 2.05) is 6.92 Å². The van der Waals surface area contributed by atoms with Gasteiger partial charge in [0.25, 0.3) is 5.69 Å². The number of rotatable bonds is 5. The number of carbonyl (C=O) groups excluding carboxylic acids is 1. The van der Waals surface area contributed by atoms with E-state index in [0.29, 0.717) is 19.6 Å². The summed E-state index contributed by atoms with van der Waals surface area (Å²) in [5, 5.41) is 14.0. The largest absolute Gasteiger partial charge is 0.336 e. The SMILES string of the molecule is CC1CNCCN1C(=O)CN(C)S(=O)(=O)c1cccc([N+](=O)[O-])c1. The van der Waals surface area contributed by atoms with Gasteiger partial charge in [0, 0.05) is 44.9 Å². The Hall–Kier alpha value is -2.04. The topological polar surface area (TPSA) is 113 Å². The maximum absolute atomic E-state index is 12.5. The van der Waals surface area contributed by atoms with Crippen molar-refractivity contribution in [2.75, 3.05) is 33.2 Å². The highest BCUT2D eigenvalue weighted by atomic mass is 32.2. The van der Waals surface area contributed by atoms with E-state index in [1.165, 1.54) is 25.2 Å². The van der Waals surface area contributed by atoms with Crippen molar-refractivity contribution in [2.45, 2.75) is 17.9 Å². The van der Waals surface area contributed by atoms with Crippen LogP contribution in [0.1, 0.15) is 6.92 Å². The van der Waals surface area contributed by atoms with E-state index in [-0.39, 0.29) is 29.1 Å². The Morgan fingerprint density at radius 2 is 2.21 bits per heavy atom. The van der Waals surface area contributed by atoms with Gasteiger partial charge in [-0.3, -0.25) is 14.9 Å². The van der Waals surface area contributed by atoms with E-state index in [0.717, 1.165) is 10.4 Å². The normalized spacial score (nSPS) is 18.6. The zero-order valence-electron chi connectivity index (χ0n) is 13.5. The van der Waals surface area contributed by atoms with E-state index >= 15 is 0 Å². The highest BCUT2D eigenvalue weighted by molar-refractivity contribution is 7.89. The molecule has 9 nitrogen and oxygen atoms in total. The number of amides is 1. The second kappa shape index (κ2) is 7.24. The van der Waals surface area contributed by atoms with Crippen molar-refractivity contribution in [1.29, 1.82) is 0 Å². The lowest BCUT2D eigenvalue weighted by Gasteiger charge is -2.34. The number of nitrogens with one attached hydrogen (secondary N) is 1. The molecule has 0 spiro atoms. The fraction of sp³-hybridized carbons (Fsp3) is 0.500. The molecule has 0 aromatic heterocycles. The molecule has 1 aromatic carbocycles. The predicted octanol–water partition coefficient (Wildman–Crippen LogP) is 0.0356. The van der Waals surface area contributed by atoms with Crippen LogP contribution < -0.4 is 5.32 Å². The highest BCUT2D eigenvalue weighted by Crippen LogP contribution is 2.20. The molecule has 10 heteroatoms. The van der Waals surface area contributed by atoms with Gasteiger partial charge in [0.15, 0.2) is 0 Å². The van der Waals surface area contributed by atoms with Crippen LogP contribution in [0.5, 0.6) is 0 Å². The van der Waals surface area contributed by atoms with E-state index in [4.69, 9.17) is 0 Å². The third kappa shape index (κ3) is 3.89. The summed E-state index contributed by atoms with van der Waals surface area (Å²) in [7, 11) is -2.69. The third-order valence-corrected chi connectivity index (χ3v) is 5.72. The molecule has 0 bridgehead atoms. The first-order valence-corrected chi connectivity index (χ1v) is 8.88. The number of benzene rings is 1. The molecule has 1 fully saturated rings. The van der Waals surface area contributed by atoms with Gasteiger partial charge in [-0.2, -0.15) is 4.31 Å². The molecular formula is C14H20N4O5S. The first-order valence-electron chi connectivity index (χ1n) is 7.44. The average molecular weight is 356 g/mol. The minimum Gasteiger partial charge on any atom is -0.336 e. The summed E-state index contributed by atoms with van der Waals surface area (Å²) < 4.78 is 26.0. The number of likely N-dealkylation sites (N-methyl/N-ethyl adjacent to an activating group) is 1. The minimum absolute atomic E-state index is 0.0137. The molecule has 1 aliphatic heterocycles. The van der Waals surface area contributed by atoms with Crippen LogP contribution in [-0.2, 0) is 14.8 Å². The lowest BCUT2D eigenvalue weighted by molar-refractivity contribution is -0.385. The number of carbonyl (C=O) groups is 1. The van der Waals surface area contributed by atoms with Crippen LogP contribution >= 0.6 is 0 Å². The van der Waals surface area contributed by atoms with E-state index in [1.54, 1.807) is 4.90 Å². The van der Waals surface area contributed by atoms with Gasteiger partial charge in [-0.25, -0.2) is 8.42 Å². The van der Waals surface area contributed by atoms with Crippen molar-refractivity contribution in [3.8, 4) is 0 Å². The van der Waals surface area contributed by atoms with Gasteiger partial charge >= 0.3 is 0 Å². The summed E-state index contributed by atoms with van der Waals surface area (Å²) in [6.45, 7) is 3.42. The van der Waals surface area contributed by atoms with Crippen LogP contribution in [0.4, 0.5) is 5.69 Å². The standard InChI is InChI=1S/C14H20N4O5S/c1-11-9-15-6-7-17(11)14(19)10-16(2)24(22,23)13-5-3-4-12(8-13)18(20)21/h3-5,8,11,15H,6-7,9-10H2,1-2H3. The second-order valence-corrected chi connectivity index (χ2v) is 7.70. The van der Waals surface area contributed by atoms with Gasteiger partial charge in [0.1, 0.15) is 0 Å². The number of hydrogen-bond donors (Lipinski definition) is 1. The first kappa shape index (κ1) is 18.3. The van der Waals surface area contributed by atoms with Gasteiger partial charge in [-0.1, -0.05) is 6.07 Å². The molecule has 1 amide bonds. The van der Waals surface area contributed by atoms with Gasteiger partial charge in [0.05, 0.1) is 16.4 Å². The fourth-order valence-electron chi connectivity index (χ4n) is 2.52. The summed E-state index contributed by atoms with van der Waals surface area (Å²) in [6.07, 6.45) is 0. The Kier molecular flexibility index (Phi) is 5.52. The van der Waals surface area contributed by atoms with Crippen LogP contribution in [0.2, 0.25) is 0 Å². The van der Waals surface area contributed by atoms with Crippen LogP contribution in [0, 0.1) is 10.1 Å². The summed E-state index contributed by atoms with van der Waals surface area (Å²) in [6, 6.07) is 4.77. The number of piperazine rings is 1. The van der Waals surface area contributed by atoms with Crippen molar-refractivity contribution in [3.63, 3.8) is 0 Å². The zero-order valence-corrected chi connectivity index (χ0v) is 14.3. The van der Waals surface area contributed by atoms with Gasteiger partial charge in [-0.15, -0.1) is 0 Å². The van der Waals surface area contributed by atoms with Crippen LogP contribution in [0.15, 0.2) is 29.2 Å². The minimum atomic E-state index is -3.98. The van der Waals surface area contributed by atoms with E-state index in [9.17, 15) is 23.3 Å². The van der Waals surface area contributed by atoms with Crippen LogP contribution in [-0.4, -0.2) is 67.7 Å². The van der Waals surface area contributed by atoms with E-state index < -0.39 is 14.9 Å². The quantitative estimate of drug-likeness (QED) is 0.588. The molecule has 1 heterocycles. The second-order valence-electron chi connectivity index (χ2n) is 5.66. The molecule has 1 unspecified atom stereocenters. The van der Waals surface area contributed by atoms with Crippen molar-refractivity contribution >= 4 is 21.6 Å². The number of nitrogens with zero attached hydrogens (tertiary/aromatic N) is 3. The van der Waals surface area contributed by atoms with Gasteiger partial charge < -0.3 is 10.2 Å². The Balaban J connectivity index is 2.15. The summed E-state index contributed by atoms with van der Waals surface area (Å²) >= 11 is 0. The fourth-order valence-corrected chi connectivity index (χ4v) is 3.68. The van der Waals surface area contributed by atoms with Crippen LogP contribution in [0.3, 0.4) is 0 Å². The Bertz CT molecular complexity index is 736. The highest BCUT2D eigenvalue weighted by Gasteiger charge is 2.29. The maximum Gasteiger partial charge on any atom is 0.270 e.